The minimum Gasteiger partial charge on any atom is -0.492 e. The second-order valence-electron chi connectivity index (χ2n) is 5.47. The van der Waals surface area contributed by atoms with Crippen molar-refractivity contribution in [2.24, 2.45) is 11.8 Å². The summed E-state index contributed by atoms with van der Waals surface area (Å²) in [5, 5.41) is 3.64. The number of benzene rings is 1. The molecule has 1 aliphatic rings. The van der Waals surface area contributed by atoms with Gasteiger partial charge in [0.25, 0.3) is 0 Å². The van der Waals surface area contributed by atoms with Gasteiger partial charge in [0, 0.05) is 17.1 Å². The molecule has 1 aliphatic carbocycles. The molecular formula is C16H24BrNO. The van der Waals surface area contributed by atoms with Crippen LogP contribution in [0, 0.1) is 11.8 Å². The number of halogens is 1. The predicted molar refractivity (Wildman–Crippen MR) is 83.6 cm³/mol. The first-order valence-corrected chi connectivity index (χ1v) is 8.11. The Labute approximate surface area is 125 Å². The van der Waals surface area contributed by atoms with Crippen LogP contribution in [-0.2, 0) is 0 Å². The Morgan fingerprint density at radius 3 is 2.63 bits per heavy atom. The van der Waals surface area contributed by atoms with Gasteiger partial charge in [-0.2, -0.15) is 0 Å². The number of nitrogens with one attached hydrogen (secondary N) is 1. The Bertz CT molecular complexity index is 379. The fraction of sp³-hybridized carbons (Fsp3) is 0.625. The lowest BCUT2D eigenvalue weighted by Crippen LogP contribution is -2.35. The van der Waals surface area contributed by atoms with Gasteiger partial charge in [-0.3, -0.25) is 0 Å². The van der Waals surface area contributed by atoms with Gasteiger partial charge in [-0.15, -0.1) is 0 Å². The summed E-state index contributed by atoms with van der Waals surface area (Å²) >= 11 is 3.42. The lowest BCUT2D eigenvalue weighted by molar-refractivity contribution is 0.286. The molecule has 0 radical (unpaired) electrons. The number of rotatable bonds is 6. The van der Waals surface area contributed by atoms with Crippen LogP contribution in [0.15, 0.2) is 28.7 Å². The van der Waals surface area contributed by atoms with Crippen LogP contribution in [0.4, 0.5) is 0 Å². The predicted octanol–water partition coefficient (Wildman–Crippen LogP) is 4.24. The second kappa shape index (κ2) is 7.30. The maximum Gasteiger partial charge on any atom is 0.119 e. The lowest BCUT2D eigenvalue weighted by Gasteiger charge is -2.21. The maximum atomic E-state index is 5.73. The van der Waals surface area contributed by atoms with Crippen molar-refractivity contribution < 1.29 is 4.74 Å². The lowest BCUT2D eigenvalue weighted by atomic mass is 9.93. The Kier molecular flexibility index (Phi) is 5.71. The van der Waals surface area contributed by atoms with Gasteiger partial charge in [-0.25, -0.2) is 0 Å². The van der Waals surface area contributed by atoms with E-state index in [0.29, 0.717) is 6.04 Å². The second-order valence-corrected chi connectivity index (χ2v) is 6.38. The molecule has 19 heavy (non-hydrogen) atoms. The molecule has 3 atom stereocenters. The number of ether oxygens (including phenoxy) is 1. The van der Waals surface area contributed by atoms with Crippen LogP contribution in [0.1, 0.15) is 33.1 Å². The Morgan fingerprint density at radius 1 is 1.26 bits per heavy atom. The Morgan fingerprint density at radius 2 is 2.00 bits per heavy atom. The van der Waals surface area contributed by atoms with Crippen LogP contribution >= 0.6 is 15.9 Å². The molecule has 0 bridgehead atoms. The van der Waals surface area contributed by atoms with Crippen LogP contribution in [-0.4, -0.2) is 19.2 Å². The Hall–Kier alpha value is -0.540. The molecule has 0 aromatic heterocycles. The smallest absolute Gasteiger partial charge is 0.119 e. The molecule has 0 amide bonds. The number of hydrogen-bond acceptors (Lipinski definition) is 2. The highest BCUT2D eigenvalue weighted by atomic mass is 79.9. The normalized spacial score (nSPS) is 26.6. The van der Waals surface area contributed by atoms with E-state index >= 15 is 0 Å². The largest absolute Gasteiger partial charge is 0.492 e. The van der Waals surface area contributed by atoms with Crippen molar-refractivity contribution in [2.75, 3.05) is 13.2 Å². The highest BCUT2D eigenvalue weighted by Gasteiger charge is 2.30. The number of hydrogen-bond donors (Lipinski definition) is 1. The van der Waals surface area contributed by atoms with E-state index < -0.39 is 0 Å². The van der Waals surface area contributed by atoms with E-state index in [1.807, 2.05) is 24.3 Å². The van der Waals surface area contributed by atoms with Crippen molar-refractivity contribution in [3.63, 3.8) is 0 Å². The Balaban J connectivity index is 1.66. The minimum absolute atomic E-state index is 0.679. The summed E-state index contributed by atoms with van der Waals surface area (Å²) in [5.41, 5.74) is 0. The van der Waals surface area contributed by atoms with Gasteiger partial charge in [-0.1, -0.05) is 36.2 Å². The molecular weight excluding hydrogens is 302 g/mol. The topological polar surface area (TPSA) is 21.3 Å². The molecule has 1 saturated carbocycles. The quantitative estimate of drug-likeness (QED) is 0.790. The van der Waals surface area contributed by atoms with Crippen molar-refractivity contribution >= 4 is 15.9 Å². The zero-order chi connectivity index (χ0) is 13.7. The summed E-state index contributed by atoms with van der Waals surface area (Å²) in [7, 11) is 0. The van der Waals surface area contributed by atoms with E-state index in [1.165, 1.54) is 19.3 Å². The fourth-order valence-corrected chi connectivity index (χ4v) is 3.32. The highest BCUT2D eigenvalue weighted by molar-refractivity contribution is 9.10. The van der Waals surface area contributed by atoms with Crippen molar-refractivity contribution in [1.29, 1.82) is 0 Å². The van der Waals surface area contributed by atoms with Crippen LogP contribution in [0.5, 0.6) is 5.75 Å². The van der Waals surface area contributed by atoms with Crippen molar-refractivity contribution in [1.82, 2.24) is 5.32 Å². The zero-order valence-corrected chi connectivity index (χ0v) is 13.4. The van der Waals surface area contributed by atoms with Crippen molar-refractivity contribution in [3.8, 4) is 5.75 Å². The molecule has 3 heteroatoms. The molecule has 0 saturated heterocycles. The summed E-state index contributed by atoms with van der Waals surface area (Å²) in [6.45, 7) is 6.36. The van der Waals surface area contributed by atoms with E-state index in [4.69, 9.17) is 4.74 Å². The SMILES string of the molecule is CCC1CCC(NCCOc2ccc(Br)cc2)C1C. The average Bonchev–Trinajstić information content (AvgIpc) is 2.77. The third kappa shape index (κ3) is 4.22. The van der Waals surface area contributed by atoms with Crippen LogP contribution in [0.2, 0.25) is 0 Å². The molecule has 0 aliphatic heterocycles. The molecule has 1 aromatic carbocycles. The van der Waals surface area contributed by atoms with E-state index in [2.05, 4.69) is 35.1 Å². The third-order valence-electron chi connectivity index (χ3n) is 4.34. The summed E-state index contributed by atoms with van der Waals surface area (Å²) in [6, 6.07) is 8.69. The van der Waals surface area contributed by atoms with Gasteiger partial charge < -0.3 is 10.1 Å². The maximum absolute atomic E-state index is 5.73. The molecule has 1 fully saturated rings. The van der Waals surface area contributed by atoms with Gasteiger partial charge in [0.05, 0.1) is 0 Å². The zero-order valence-electron chi connectivity index (χ0n) is 11.9. The van der Waals surface area contributed by atoms with Crippen molar-refractivity contribution in [3.05, 3.63) is 28.7 Å². The first-order valence-electron chi connectivity index (χ1n) is 7.32. The van der Waals surface area contributed by atoms with Gasteiger partial charge in [0.15, 0.2) is 0 Å². The molecule has 1 N–H and O–H groups in total. The molecule has 1 aromatic rings. The van der Waals surface area contributed by atoms with Crippen LogP contribution < -0.4 is 10.1 Å². The van der Waals surface area contributed by atoms with Crippen LogP contribution in [0.3, 0.4) is 0 Å². The first-order chi connectivity index (χ1) is 9.20. The minimum atomic E-state index is 0.679. The van der Waals surface area contributed by atoms with E-state index in [-0.39, 0.29) is 0 Å². The summed E-state index contributed by atoms with van der Waals surface area (Å²) in [6.07, 6.45) is 4.01. The van der Waals surface area contributed by atoms with Crippen LogP contribution in [0.25, 0.3) is 0 Å². The standard InChI is InChI=1S/C16H24BrNO/c1-3-13-4-9-16(12(13)2)18-10-11-19-15-7-5-14(17)6-8-15/h5-8,12-13,16,18H,3-4,9-11H2,1-2H3. The third-order valence-corrected chi connectivity index (χ3v) is 4.87. The van der Waals surface area contributed by atoms with E-state index in [9.17, 15) is 0 Å². The molecule has 2 nitrogen and oxygen atoms in total. The first kappa shape index (κ1) is 14.9. The summed E-state index contributed by atoms with van der Waals surface area (Å²) in [4.78, 5) is 0. The molecule has 3 unspecified atom stereocenters. The molecule has 0 spiro atoms. The monoisotopic (exact) mass is 325 g/mol. The van der Waals surface area contributed by atoms with Crippen molar-refractivity contribution in [2.45, 2.75) is 39.2 Å². The van der Waals surface area contributed by atoms with Gasteiger partial charge in [0.1, 0.15) is 12.4 Å². The van der Waals surface area contributed by atoms with Gasteiger partial charge >= 0.3 is 0 Å². The molecule has 2 rings (SSSR count). The highest BCUT2D eigenvalue weighted by Crippen LogP contribution is 2.33. The fourth-order valence-electron chi connectivity index (χ4n) is 3.06. The van der Waals surface area contributed by atoms with E-state index in [1.54, 1.807) is 0 Å². The molecule has 106 valence electrons. The summed E-state index contributed by atoms with van der Waals surface area (Å²) in [5.74, 6) is 2.65. The van der Waals surface area contributed by atoms with Gasteiger partial charge in [0.2, 0.25) is 0 Å². The molecule has 0 heterocycles. The van der Waals surface area contributed by atoms with Gasteiger partial charge in [-0.05, 0) is 48.9 Å². The van der Waals surface area contributed by atoms with E-state index in [0.717, 1.165) is 35.2 Å². The summed E-state index contributed by atoms with van der Waals surface area (Å²) < 4.78 is 6.81. The average molecular weight is 326 g/mol.